The number of carboxylic acid groups (broad SMARTS) is 1. The number of hydrogen-bond acceptors (Lipinski definition) is 4. The van der Waals surface area contributed by atoms with Gasteiger partial charge in [-0.25, -0.2) is 0 Å². The molecule has 98 valence electrons. The van der Waals surface area contributed by atoms with Crippen LogP contribution in [0.3, 0.4) is 0 Å². The van der Waals surface area contributed by atoms with Crippen molar-refractivity contribution >= 4 is 5.97 Å². The molecule has 0 spiro atoms. The second-order valence-electron chi connectivity index (χ2n) is 5.37. The van der Waals surface area contributed by atoms with Gasteiger partial charge in [0.15, 0.2) is 0 Å². The number of rotatable bonds is 3. The normalized spacial score (nSPS) is 35.4. The zero-order valence-electron chi connectivity index (χ0n) is 10.4. The minimum Gasteiger partial charge on any atom is -0.480 e. The first-order chi connectivity index (χ1) is 8.03. The van der Waals surface area contributed by atoms with Crippen molar-refractivity contribution in [2.75, 3.05) is 20.3 Å². The molecule has 1 saturated heterocycles. The lowest BCUT2D eigenvalue weighted by molar-refractivity contribution is -0.143. The van der Waals surface area contributed by atoms with Crippen LogP contribution in [-0.2, 0) is 9.53 Å². The highest BCUT2D eigenvalue weighted by molar-refractivity contribution is 5.79. The van der Waals surface area contributed by atoms with Crippen LogP contribution in [-0.4, -0.2) is 53.9 Å². The van der Waals surface area contributed by atoms with E-state index in [1.165, 1.54) is 0 Å². The predicted molar refractivity (Wildman–Crippen MR) is 63.8 cm³/mol. The van der Waals surface area contributed by atoms with Gasteiger partial charge in [0.25, 0.3) is 0 Å². The maximum atomic E-state index is 11.1. The van der Waals surface area contributed by atoms with Gasteiger partial charge in [-0.05, 0) is 39.2 Å². The average Bonchev–Trinajstić information content (AvgIpc) is 2.74. The molecule has 0 bridgehead atoms. The maximum Gasteiger partial charge on any atom is 0.323 e. The van der Waals surface area contributed by atoms with Crippen LogP contribution in [0.25, 0.3) is 0 Å². The molecule has 3 N–H and O–H groups in total. The summed E-state index contributed by atoms with van der Waals surface area (Å²) in [6.07, 6.45) is 4.11. The number of nitrogens with two attached hydrogens (primary N) is 1. The molecule has 0 aromatic rings. The van der Waals surface area contributed by atoms with Gasteiger partial charge in [-0.3, -0.25) is 4.79 Å². The Morgan fingerprint density at radius 3 is 2.53 bits per heavy atom. The van der Waals surface area contributed by atoms with E-state index in [9.17, 15) is 4.79 Å². The molecule has 5 heteroatoms. The first-order valence-corrected chi connectivity index (χ1v) is 6.35. The van der Waals surface area contributed by atoms with Gasteiger partial charge in [0.05, 0.1) is 0 Å². The smallest absolute Gasteiger partial charge is 0.323 e. The molecule has 17 heavy (non-hydrogen) atoms. The Labute approximate surface area is 102 Å². The van der Waals surface area contributed by atoms with Crippen molar-refractivity contribution in [1.82, 2.24) is 4.90 Å². The summed E-state index contributed by atoms with van der Waals surface area (Å²) in [5.74, 6) is -0.861. The lowest BCUT2D eigenvalue weighted by atomic mass is 9.98. The molecule has 0 amide bonds. The Morgan fingerprint density at radius 2 is 2.00 bits per heavy atom. The number of ether oxygens (including phenoxy) is 1. The number of aliphatic carboxylic acids is 1. The molecule has 0 radical (unpaired) electrons. The van der Waals surface area contributed by atoms with Crippen molar-refractivity contribution in [2.45, 2.75) is 49.7 Å². The van der Waals surface area contributed by atoms with Gasteiger partial charge < -0.3 is 20.5 Å². The summed E-state index contributed by atoms with van der Waals surface area (Å²) in [6, 6.07) is 0.823. The molecule has 2 atom stereocenters. The Balaban J connectivity index is 1.93. The van der Waals surface area contributed by atoms with Crippen LogP contribution in [0.1, 0.15) is 32.1 Å². The number of hydrogen-bond donors (Lipinski definition) is 2. The van der Waals surface area contributed by atoms with Gasteiger partial charge in [-0.2, -0.15) is 0 Å². The van der Waals surface area contributed by atoms with E-state index in [2.05, 4.69) is 11.9 Å². The van der Waals surface area contributed by atoms with Gasteiger partial charge in [-0.1, -0.05) is 0 Å². The Morgan fingerprint density at radius 1 is 1.35 bits per heavy atom. The third kappa shape index (κ3) is 2.61. The van der Waals surface area contributed by atoms with E-state index < -0.39 is 11.5 Å². The maximum absolute atomic E-state index is 11.1. The van der Waals surface area contributed by atoms with Gasteiger partial charge in [0.1, 0.15) is 5.54 Å². The van der Waals surface area contributed by atoms with Gasteiger partial charge in [0, 0.05) is 25.3 Å². The van der Waals surface area contributed by atoms with Crippen molar-refractivity contribution in [3.8, 4) is 0 Å². The number of carboxylic acids is 1. The summed E-state index contributed by atoms with van der Waals surface area (Å²) in [5, 5.41) is 9.12. The molecule has 2 rings (SSSR count). The van der Waals surface area contributed by atoms with Crippen LogP contribution in [0, 0.1) is 0 Å². The second kappa shape index (κ2) is 4.92. The van der Waals surface area contributed by atoms with Crippen molar-refractivity contribution < 1.29 is 14.6 Å². The van der Waals surface area contributed by atoms with Crippen LogP contribution in [0.2, 0.25) is 0 Å². The van der Waals surface area contributed by atoms with Gasteiger partial charge in [0.2, 0.25) is 0 Å². The first-order valence-electron chi connectivity index (χ1n) is 6.35. The van der Waals surface area contributed by atoms with Gasteiger partial charge in [-0.15, -0.1) is 0 Å². The van der Waals surface area contributed by atoms with Crippen molar-refractivity contribution in [3.63, 3.8) is 0 Å². The van der Waals surface area contributed by atoms with Crippen LogP contribution >= 0.6 is 0 Å². The van der Waals surface area contributed by atoms with E-state index in [4.69, 9.17) is 15.6 Å². The largest absolute Gasteiger partial charge is 0.480 e. The Kier molecular flexibility index (Phi) is 3.70. The molecular formula is C12H22N2O3. The minimum atomic E-state index is -1.01. The minimum absolute atomic E-state index is 0.305. The van der Waals surface area contributed by atoms with E-state index in [1.807, 2.05) is 0 Å². The predicted octanol–water partition coefficient (Wildman–Crippen LogP) is 0.432. The number of carbonyl (C=O) groups is 1. The topological polar surface area (TPSA) is 75.8 Å². The van der Waals surface area contributed by atoms with Crippen LogP contribution < -0.4 is 5.73 Å². The molecule has 0 aromatic heterocycles. The molecule has 1 aliphatic carbocycles. The third-order valence-corrected chi connectivity index (χ3v) is 4.29. The van der Waals surface area contributed by atoms with Crippen molar-refractivity contribution in [2.24, 2.45) is 5.73 Å². The second-order valence-corrected chi connectivity index (χ2v) is 5.37. The molecule has 0 aromatic carbocycles. The van der Waals surface area contributed by atoms with Crippen LogP contribution in [0.4, 0.5) is 0 Å². The summed E-state index contributed by atoms with van der Waals surface area (Å²) in [7, 11) is 2.09. The molecule has 2 unspecified atom stereocenters. The number of nitrogens with zero attached hydrogens (tertiary/aromatic N) is 1. The van der Waals surface area contributed by atoms with E-state index in [0.717, 1.165) is 32.5 Å². The van der Waals surface area contributed by atoms with E-state index >= 15 is 0 Å². The Hall–Kier alpha value is -0.650. The summed E-state index contributed by atoms with van der Waals surface area (Å²) in [6.45, 7) is 1.63. The fourth-order valence-electron chi connectivity index (χ4n) is 2.98. The highest BCUT2D eigenvalue weighted by atomic mass is 16.5. The van der Waals surface area contributed by atoms with E-state index in [1.54, 1.807) is 0 Å². The van der Waals surface area contributed by atoms with Crippen molar-refractivity contribution in [3.05, 3.63) is 0 Å². The molecule has 1 aliphatic heterocycles. The van der Waals surface area contributed by atoms with E-state index in [0.29, 0.717) is 24.9 Å². The molecule has 1 heterocycles. The highest BCUT2D eigenvalue weighted by Crippen LogP contribution is 2.33. The van der Waals surface area contributed by atoms with E-state index in [-0.39, 0.29) is 0 Å². The van der Waals surface area contributed by atoms with Crippen LogP contribution in [0.5, 0.6) is 0 Å². The molecule has 1 saturated carbocycles. The van der Waals surface area contributed by atoms with Gasteiger partial charge >= 0.3 is 5.97 Å². The summed E-state index contributed by atoms with van der Waals surface area (Å²) in [4.78, 5) is 13.4. The summed E-state index contributed by atoms with van der Waals surface area (Å²) < 4.78 is 5.35. The molecule has 2 aliphatic rings. The lowest BCUT2D eigenvalue weighted by Gasteiger charge is -2.35. The third-order valence-electron chi connectivity index (χ3n) is 4.29. The molecular weight excluding hydrogens is 220 g/mol. The standard InChI is InChI=1S/C12H22N2O3/c1-14(9-3-6-17-7-4-9)10-2-5-12(13,8-10)11(15)16/h9-10H,2-8,13H2,1H3,(H,15,16). The van der Waals surface area contributed by atoms with Crippen LogP contribution in [0.15, 0.2) is 0 Å². The SMILES string of the molecule is CN(C1CCOCC1)C1CCC(N)(C(=O)O)C1. The molecule has 2 fully saturated rings. The fraction of sp³-hybridized carbons (Fsp3) is 0.917. The summed E-state index contributed by atoms with van der Waals surface area (Å²) in [5.41, 5.74) is 4.90. The molecule has 5 nitrogen and oxygen atoms in total. The monoisotopic (exact) mass is 242 g/mol. The Bertz CT molecular complexity index is 291. The highest BCUT2D eigenvalue weighted by Gasteiger charge is 2.44. The summed E-state index contributed by atoms with van der Waals surface area (Å²) >= 11 is 0. The fourth-order valence-corrected chi connectivity index (χ4v) is 2.98. The quantitative estimate of drug-likeness (QED) is 0.750. The van der Waals surface area contributed by atoms with Crippen molar-refractivity contribution in [1.29, 1.82) is 0 Å². The lowest BCUT2D eigenvalue weighted by Crippen LogP contribution is -2.48. The zero-order chi connectivity index (χ0) is 12.5. The average molecular weight is 242 g/mol. The first kappa shape index (κ1) is 12.8. The zero-order valence-corrected chi connectivity index (χ0v) is 10.4.